The van der Waals surface area contributed by atoms with E-state index < -0.39 is 12.1 Å². The number of hydrogen-bond acceptors (Lipinski definition) is 5. The van der Waals surface area contributed by atoms with Crippen molar-refractivity contribution in [3.05, 3.63) is 0 Å². The summed E-state index contributed by atoms with van der Waals surface area (Å²) in [6, 6.07) is -0.882. The van der Waals surface area contributed by atoms with Crippen LogP contribution in [0.5, 0.6) is 0 Å². The van der Waals surface area contributed by atoms with E-state index >= 15 is 0 Å². The summed E-state index contributed by atoms with van der Waals surface area (Å²) in [6.45, 7) is 4.93. The SMILES string of the molecule is CC(=O)N1CCSC12CCN(C(=O)[C@@H](N)[C@@H](C)O)C2. The van der Waals surface area contributed by atoms with Gasteiger partial charge < -0.3 is 20.6 Å². The molecular weight excluding hydrogens is 266 g/mol. The van der Waals surface area contributed by atoms with Gasteiger partial charge in [-0.1, -0.05) is 0 Å². The summed E-state index contributed by atoms with van der Waals surface area (Å²) in [5.41, 5.74) is 5.69. The minimum Gasteiger partial charge on any atom is -0.391 e. The summed E-state index contributed by atoms with van der Waals surface area (Å²) < 4.78 is 0. The molecule has 0 aliphatic carbocycles. The van der Waals surface area contributed by atoms with Gasteiger partial charge in [0.05, 0.1) is 12.6 Å². The van der Waals surface area contributed by atoms with Crippen LogP contribution in [0.15, 0.2) is 0 Å². The number of hydrogen-bond donors (Lipinski definition) is 2. The van der Waals surface area contributed by atoms with Crippen LogP contribution in [0.1, 0.15) is 20.3 Å². The first-order chi connectivity index (χ1) is 8.87. The first-order valence-electron chi connectivity index (χ1n) is 6.52. The van der Waals surface area contributed by atoms with Gasteiger partial charge in [0, 0.05) is 25.8 Å². The van der Waals surface area contributed by atoms with Crippen molar-refractivity contribution in [3.63, 3.8) is 0 Å². The van der Waals surface area contributed by atoms with Gasteiger partial charge in [0.15, 0.2) is 0 Å². The summed E-state index contributed by atoms with van der Waals surface area (Å²) in [5.74, 6) is 0.728. The van der Waals surface area contributed by atoms with E-state index in [4.69, 9.17) is 5.73 Å². The highest BCUT2D eigenvalue weighted by atomic mass is 32.2. The topological polar surface area (TPSA) is 86.9 Å². The Morgan fingerprint density at radius 3 is 2.68 bits per heavy atom. The zero-order valence-corrected chi connectivity index (χ0v) is 12.2. The lowest BCUT2D eigenvalue weighted by Crippen LogP contribution is -2.51. The summed E-state index contributed by atoms with van der Waals surface area (Å²) in [6.07, 6.45) is -0.0839. The predicted octanol–water partition coefficient (Wildman–Crippen LogP) is -0.782. The second kappa shape index (κ2) is 5.30. The monoisotopic (exact) mass is 287 g/mol. The molecule has 2 aliphatic heterocycles. The van der Waals surface area contributed by atoms with Crippen molar-refractivity contribution in [2.45, 2.75) is 37.3 Å². The van der Waals surface area contributed by atoms with Crippen molar-refractivity contribution in [3.8, 4) is 0 Å². The predicted molar refractivity (Wildman–Crippen MR) is 73.4 cm³/mol. The Bertz CT molecular complexity index is 390. The Kier molecular flexibility index (Phi) is 4.08. The molecule has 0 bridgehead atoms. The van der Waals surface area contributed by atoms with Crippen molar-refractivity contribution in [1.29, 1.82) is 0 Å². The third kappa shape index (κ3) is 2.59. The van der Waals surface area contributed by atoms with Gasteiger partial charge >= 0.3 is 0 Å². The van der Waals surface area contributed by atoms with Crippen molar-refractivity contribution >= 4 is 23.6 Å². The van der Waals surface area contributed by atoms with Gasteiger partial charge in [-0.05, 0) is 13.3 Å². The highest BCUT2D eigenvalue weighted by Crippen LogP contribution is 2.43. The Morgan fingerprint density at radius 2 is 2.11 bits per heavy atom. The zero-order chi connectivity index (χ0) is 14.2. The summed E-state index contributed by atoms with van der Waals surface area (Å²) in [7, 11) is 0. The molecule has 1 unspecified atom stereocenters. The van der Waals surface area contributed by atoms with Gasteiger partial charge in [0.25, 0.3) is 0 Å². The van der Waals surface area contributed by atoms with E-state index in [1.807, 2.05) is 4.90 Å². The van der Waals surface area contributed by atoms with Gasteiger partial charge in [0.1, 0.15) is 10.9 Å². The number of nitrogens with two attached hydrogens (primary N) is 1. The van der Waals surface area contributed by atoms with Crippen LogP contribution in [0.25, 0.3) is 0 Å². The fourth-order valence-electron chi connectivity index (χ4n) is 2.76. The number of likely N-dealkylation sites (tertiary alicyclic amines) is 1. The molecule has 0 aromatic rings. The molecule has 2 fully saturated rings. The van der Waals surface area contributed by atoms with Crippen LogP contribution in [0.2, 0.25) is 0 Å². The normalized spacial score (nSPS) is 29.9. The number of rotatable bonds is 2. The van der Waals surface area contributed by atoms with E-state index in [2.05, 4.69) is 0 Å². The molecule has 2 amide bonds. The summed E-state index contributed by atoms with van der Waals surface area (Å²) >= 11 is 1.74. The van der Waals surface area contributed by atoms with Crippen LogP contribution in [-0.4, -0.2) is 69.1 Å². The van der Waals surface area contributed by atoms with Crippen LogP contribution in [0, 0.1) is 0 Å². The molecule has 7 heteroatoms. The number of nitrogens with zero attached hydrogens (tertiary/aromatic N) is 2. The molecule has 1 spiro atoms. The summed E-state index contributed by atoms with van der Waals surface area (Å²) in [4.78, 5) is 27.1. The quantitative estimate of drug-likeness (QED) is 0.695. The van der Waals surface area contributed by atoms with Gasteiger partial charge in [-0.2, -0.15) is 0 Å². The standard InChI is InChI=1S/C12H21N3O3S/c1-8(16)10(13)11(18)14-4-3-12(7-14)15(9(2)17)5-6-19-12/h8,10,16H,3-7,13H2,1-2H3/t8-,10+,12?/m1/s1. The van der Waals surface area contributed by atoms with Crippen LogP contribution < -0.4 is 5.73 Å². The molecule has 19 heavy (non-hydrogen) atoms. The molecular formula is C12H21N3O3S. The largest absolute Gasteiger partial charge is 0.391 e. The van der Waals surface area contributed by atoms with Crippen LogP contribution in [0.4, 0.5) is 0 Å². The fraction of sp³-hybridized carbons (Fsp3) is 0.833. The van der Waals surface area contributed by atoms with E-state index in [0.717, 1.165) is 18.7 Å². The van der Waals surface area contributed by atoms with Crippen LogP contribution in [0.3, 0.4) is 0 Å². The molecule has 0 aromatic heterocycles. The molecule has 3 N–H and O–H groups in total. The average Bonchev–Trinajstić information content (AvgIpc) is 2.95. The van der Waals surface area contributed by atoms with Gasteiger partial charge in [-0.25, -0.2) is 0 Å². The van der Waals surface area contributed by atoms with Gasteiger partial charge in [-0.3, -0.25) is 9.59 Å². The number of amides is 2. The van der Waals surface area contributed by atoms with E-state index in [0.29, 0.717) is 13.1 Å². The number of carbonyl (C=O) groups is 2. The molecule has 0 saturated carbocycles. The first-order valence-corrected chi connectivity index (χ1v) is 7.50. The van der Waals surface area contributed by atoms with E-state index in [1.165, 1.54) is 6.92 Å². The number of carbonyl (C=O) groups excluding carboxylic acids is 2. The Labute approximate surface area is 117 Å². The lowest BCUT2D eigenvalue weighted by molar-refractivity contribution is -0.136. The Balaban J connectivity index is 2.07. The average molecular weight is 287 g/mol. The molecule has 0 radical (unpaired) electrons. The second-order valence-electron chi connectivity index (χ2n) is 5.24. The Morgan fingerprint density at radius 1 is 1.42 bits per heavy atom. The second-order valence-corrected chi connectivity index (χ2v) is 6.70. The molecule has 2 rings (SSSR count). The minimum atomic E-state index is -0.882. The minimum absolute atomic E-state index is 0.0547. The van der Waals surface area contributed by atoms with Crippen molar-refractivity contribution in [2.75, 3.05) is 25.4 Å². The lowest BCUT2D eigenvalue weighted by atomic mass is 10.2. The van der Waals surface area contributed by atoms with Gasteiger partial charge in [-0.15, -0.1) is 11.8 Å². The third-order valence-electron chi connectivity index (χ3n) is 3.88. The van der Waals surface area contributed by atoms with Crippen molar-refractivity contribution in [1.82, 2.24) is 9.80 Å². The smallest absolute Gasteiger partial charge is 0.242 e. The van der Waals surface area contributed by atoms with E-state index in [1.54, 1.807) is 23.6 Å². The molecule has 2 aliphatic rings. The fourth-order valence-corrected chi connectivity index (χ4v) is 4.27. The molecule has 2 heterocycles. The Hall–Kier alpha value is -0.790. The number of aliphatic hydroxyl groups is 1. The maximum absolute atomic E-state index is 12.1. The van der Waals surface area contributed by atoms with Crippen molar-refractivity contribution < 1.29 is 14.7 Å². The lowest BCUT2D eigenvalue weighted by Gasteiger charge is -2.33. The molecule has 2 saturated heterocycles. The highest BCUT2D eigenvalue weighted by molar-refractivity contribution is 8.00. The molecule has 3 atom stereocenters. The summed E-state index contributed by atoms with van der Waals surface area (Å²) in [5, 5.41) is 9.41. The molecule has 108 valence electrons. The first kappa shape index (κ1) is 14.6. The zero-order valence-electron chi connectivity index (χ0n) is 11.3. The highest BCUT2D eigenvalue weighted by Gasteiger charge is 2.49. The maximum Gasteiger partial charge on any atom is 0.242 e. The van der Waals surface area contributed by atoms with E-state index in [9.17, 15) is 14.7 Å². The third-order valence-corrected chi connectivity index (χ3v) is 5.36. The molecule has 0 aromatic carbocycles. The molecule has 6 nitrogen and oxygen atoms in total. The maximum atomic E-state index is 12.1. The number of aliphatic hydroxyl groups excluding tert-OH is 1. The van der Waals surface area contributed by atoms with Crippen LogP contribution >= 0.6 is 11.8 Å². The van der Waals surface area contributed by atoms with Gasteiger partial charge in [0.2, 0.25) is 11.8 Å². The number of thioether (sulfide) groups is 1. The van der Waals surface area contributed by atoms with Crippen LogP contribution in [-0.2, 0) is 9.59 Å². The van der Waals surface area contributed by atoms with E-state index in [-0.39, 0.29) is 16.7 Å². The van der Waals surface area contributed by atoms with Crippen molar-refractivity contribution in [2.24, 2.45) is 5.73 Å².